The van der Waals surface area contributed by atoms with Crippen molar-refractivity contribution in [1.82, 2.24) is 0 Å². The minimum absolute atomic E-state index is 0. The summed E-state index contributed by atoms with van der Waals surface area (Å²) >= 11 is 3.63. The van der Waals surface area contributed by atoms with E-state index in [0.717, 1.165) is 0 Å². The fourth-order valence-corrected chi connectivity index (χ4v) is 0. The second-order valence-corrected chi connectivity index (χ2v) is 0. The van der Waals surface area contributed by atoms with Crippen molar-refractivity contribution in [3.05, 3.63) is 0 Å². The third-order valence-electron chi connectivity index (χ3n) is 0. The molecule has 0 saturated carbocycles. The van der Waals surface area contributed by atoms with Gasteiger partial charge in [-0.3, -0.25) is 0 Å². The molecule has 0 radical (unpaired) electrons. The topological polar surface area (TPSA) is 0 Å². The molecule has 0 rings (SSSR count). The van der Waals surface area contributed by atoms with Crippen LogP contribution in [0.3, 0.4) is 0 Å². The first-order chi connectivity index (χ1) is 1.00. The molecule has 26 valence electrons. The van der Waals surface area contributed by atoms with Gasteiger partial charge in [-0.05, 0) is 0 Å². The van der Waals surface area contributed by atoms with Crippen LogP contribution in [0.5, 0.6) is 0 Å². The first-order valence-electron chi connectivity index (χ1n) is 0.167. The molecular weight excluding hydrogens is 349 g/mol. The second kappa shape index (κ2) is 27.0. The van der Waals surface area contributed by atoms with E-state index in [1.165, 1.54) is 0 Å². The van der Waals surface area contributed by atoms with Crippen LogP contribution in [0.15, 0.2) is 0 Å². The zero-order chi connectivity index (χ0) is 2.00. The average Bonchev–Trinajstić information content (AvgIpc) is 1.00. The molecule has 4 heteroatoms. The Labute approximate surface area is 43.4 Å². The van der Waals surface area contributed by atoms with Gasteiger partial charge < -0.3 is 9.41 Å². The van der Waals surface area contributed by atoms with Gasteiger partial charge in [0, 0.05) is 0 Å². The second-order valence-electron chi connectivity index (χ2n) is 0. The Hall–Kier alpha value is 1.34. The van der Waals surface area contributed by atoms with E-state index in [1.807, 2.05) is 18.5 Å². The van der Waals surface area contributed by atoms with E-state index < -0.39 is 0 Å². The third kappa shape index (κ3) is 10.2. The summed E-state index contributed by atoms with van der Waals surface area (Å²) in [5.74, 6) is 0. The molecule has 0 aliphatic rings. The summed E-state index contributed by atoms with van der Waals surface area (Å²) in [5.41, 5.74) is 0. The third-order valence-corrected chi connectivity index (χ3v) is 0. The van der Waals surface area contributed by atoms with E-state index >= 15 is 0 Å². The van der Waals surface area contributed by atoms with Crippen LogP contribution >= 0.6 is 0 Å². The van der Waals surface area contributed by atoms with Crippen LogP contribution in [-0.4, -0.2) is 18.5 Å². The summed E-state index contributed by atoms with van der Waals surface area (Å²) in [6.45, 7) is 0. The molecule has 0 aromatic carbocycles. The van der Waals surface area contributed by atoms with E-state index in [0.29, 0.717) is 0 Å². The Kier molecular flexibility index (Phi) is 124. The Morgan fingerprint density at radius 3 is 1.00 bits per heavy atom. The molecule has 0 aromatic rings. The first kappa shape index (κ1) is 18.4. The van der Waals surface area contributed by atoms with Gasteiger partial charge in [0.05, 0.1) is 0 Å². The minimum atomic E-state index is 0. The maximum absolute atomic E-state index is 2.03. The van der Waals surface area contributed by atoms with Crippen LogP contribution in [-0.2, 0) is 15.6 Å². The summed E-state index contributed by atoms with van der Waals surface area (Å²) in [7, 11) is 0. The number of rotatable bonds is 0. The standard InChI is InChI=1S/2FH.Te.W/h2*1H;;/q;;;+2/p-2. The SMILES string of the molecule is [F-].[F-].[Te]=[W+2]. The maximum atomic E-state index is 2.03. The molecule has 0 aromatic heterocycles. The number of hydrogen-bond donors (Lipinski definition) is 0. The van der Waals surface area contributed by atoms with E-state index in [9.17, 15) is 0 Å². The van der Waals surface area contributed by atoms with E-state index in [-0.39, 0.29) is 9.41 Å². The van der Waals surface area contributed by atoms with Gasteiger partial charge in [0.1, 0.15) is 0 Å². The quantitative estimate of drug-likeness (QED) is 0.382. The molecule has 0 fully saturated rings. The van der Waals surface area contributed by atoms with Gasteiger partial charge in [0.15, 0.2) is 0 Å². The predicted molar refractivity (Wildman–Crippen MR) is 5.75 cm³/mol. The fourth-order valence-electron chi connectivity index (χ4n) is 0. The Morgan fingerprint density at radius 2 is 1.00 bits per heavy atom. The Morgan fingerprint density at radius 1 is 1.00 bits per heavy atom. The van der Waals surface area contributed by atoms with Crippen LogP contribution in [0.2, 0.25) is 0 Å². The first-order valence-corrected chi connectivity index (χ1v) is 9.15. The van der Waals surface area contributed by atoms with Gasteiger partial charge in [-0.15, -0.1) is 0 Å². The Bertz CT molecular complexity index is 6.00. The van der Waals surface area contributed by atoms with E-state index in [4.69, 9.17) is 0 Å². The van der Waals surface area contributed by atoms with Crippen LogP contribution in [0, 0.1) is 0 Å². The van der Waals surface area contributed by atoms with Gasteiger partial charge in [-0.1, -0.05) is 0 Å². The molecule has 0 nitrogen and oxygen atoms in total. The van der Waals surface area contributed by atoms with Crippen molar-refractivity contribution >= 4 is 18.5 Å². The fraction of sp³-hybridized carbons (Fsp3) is 0. The predicted octanol–water partition coefficient (Wildman–Crippen LogP) is -6.38. The average molecular weight is 349 g/mol. The molecular formula is F2TeW. The molecule has 0 N–H and O–H groups in total. The molecule has 0 saturated heterocycles. The van der Waals surface area contributed by atoms with E-state index in [2.05, 4.69) is 0 Å². The van der Waals surface area contributed by atoms with Crippen LogP contribution in [0.25, 0.3) is 0 Å². The van der Waals surface area contributed by atoms with Crippen molar-refractivity contribution in [3.63, 3.8) is 0 Å². The summed E-state index contributed by atoms with van der Waals surface area (Å²) in [5, 5.41) is 0. The van der Waals surface area contributed by atoms with Gasteiger partial charge in [-0.2, -0.15) is 0 Å². The van der Waals surface area contributed by atoms with Crippen LogP contribution in [0.4, 0.5) is 0 Å². The van der Waals surface area contributed by atoms with Gasteiger partial charge in [-0.25, -0.2) is 0 Å². The van der Waals surface area contributed by atoms with Crippen molar-refractivity contribution in [2.24, 2.45) is 0 Å². The summed E-state index contributed by atoms with van der Waals surface area (Å²) in [4.78, 5) is 0. The van der Waals surface area contributed by atoms with Gasteiger partial charge in [0.2, 0.25) is 0 Å². The van der Waals surface area contributed by atoms with Crippen LogP contribution in [0.1, 0.15) is 0 Å². The molecule has 4 heavy (non-hydrogen) atoms. The summed E-state index contributed by atoms with van der Waals surface area (Å²) in [6.07, 6.45) is 0. The zero-order valence-corrected chi connectivity index (χ0v) is 6.84. The van der Waals surface area contributed by atoms with Crippen molar-refractivity contribution < 1.29 is 25.0 Å². The molecule has 0 bridgehead atoms. The molecule has 0 atom stereocenters. The van der Waals surface area contributed by atoms with Gasteiger partial charge in [0.25, 0.3) is 0 Å². The monoisotopic (exact) mass is 352 g/mol. The molecule has 0 aliphatic heterocycles. The summed E-state index contributed by atoms with van der Waals surface area (Å²) < 4.78 is 0. The van der Waals surface area contributed by atoms with Crippen LogP contribution < -0.4 is 9.41 Å². The molecule has 0 spiro atoms. The molecule has 0 aliphatic carbocycles. The summed E-state index contributed by atoms with van der Waals surface area (Å²) in [6, 6.07) is 0. The zero-order valence-electron chi connectivity index (χ0n) is 1.57. The number of hydrogen-bond acceptors (Lipinski definition) is 0. The molecule has 0 unspecified atom stereocenters. The molecule has 0 heterocycles. The molecule has 0 amide bonds. The van der Waals surface area contributed by atoms with E-state index in [1.54, 1.807) is 15.6 Å². The Balaban J connectivity index is -0.00000000500. The van der Waals surface area contributed by atoms with Crippen molar-refractivity contribution in [2.45, 2.75) is 0 Å². The van der Waals surface area contributed by atoms with Gasteiger partial charge >= 0.3 is 34.1 Å². The number of halogens is 2. The normalized spacial score (nSPS) is 0.750. The van der Waals surface area contributed by atoms with Crippen molar-refractivity contribution in [3.8, 4) is 0 Å². The van der Waals surface area contributed by atoms with Crippen molar-refractivity contribution in [2.75, 3.05) is 0 Å². The van der Waals surface area contributed by atoms with Crippen molar-refractivity contribution in [1.29, 1.82) is 0 Å².